The van der Waals surface area contributed by atoms with E-state index in [2.05, 4.69) is 14.7 Å². The van der Waals surface area contributed by atoms with Crippen molar-refractivity contribution < 1.29 is 18.3 Å². The van der Waals surface area contributed by atoms with Crippen LogP contribution < -0.4 is 16.2 Å². The molecule has 1 aliphatic rings. The van der Waals surface area contributed by atoms with Crippen LogP contribution in [0.1, 0.15) is 12.8 Å². The van der Waals surface area contributed by atoms with Gasteiger partial charge in [-0.05, 0) is 32.0 Å². The van der Waals surface area contributed by atoms with Crippen molar-refractivity contribution in [2.45, 2.75) is 23.9 Å². The second-order valence-electron chi connectivity index (χ2n) is 6.85. The number of benzene rings is 1. The largest absolute Gasteiger partial charge is 0.481 e. The molecule has 6 N–H and O–H groups in total. The van der Waals surface area contributed by atoms with Crippen molar-refractivity contribution in [3.05, 3.63) is 29.4 Å². The highest BCUT2D eigenvalue weighted by Gasteiger charge is 2.33. The second-order valence-corrected chi connectivity index (χ2v) is 8.97. The maximum absolute atomic E-state index is 13.0. The number of aliphatic imine (C=N–C) groups is 1. The summed E-state index contributed by atoms with van der Waals surface area (Å²) in [6.07, 6.45) is 1.37. The number of carbonyl (C=O) groups is 1. The molecule has 2 unspecified atom stereocenters. The lowest BCUT2D eigenvalue weighted by molar-refractivity contribution is -0.144. The topological polar surface area (TPSA) is 164 Å². The SMILES string of the molecule is CN1CCC(C(=O)O)CC1NS(=O)(=O)c1ccc2c(Cl)cnc(N=C(N)N)c2c1. The Kier molecular flexibility index (Phi) is 5.94. The summed E-state index contributed by atoms with van der Waals surface area (Å²) < 4.78 is 28.5. The highest BCUT2D eigenvalue weighted by atomic mass is 35.5. The van der Waals surface area contributed by atoms with Crippen molar-refractivity contribution in [1.29, 1.82) is 0 Å². The number of aliphatic carboxylic acids is 1. The fraction of sp³-hybridized carbons (Fsp3) is 0.353. The lowest BCUT2D eigenvalue weighted by Gasteiger charge is -2.35. The summed E-state index contributed by atoms with van der Waals surface area (Å²) in [5.74, 6) is -1.62. The minimum absolute atomic E-state index is 0.0352. The number of pyridine rings is 1. The summed E-state index contributed by atoms with van der Waals surface area (Å²) in [6.45, 7) is 0.468. The van der Waals surface area contributed by atoms with E-state index in [4.69, 9.17) is 23.1 Å². The Morgan fingerprint density at radius 1 is 1.38 bits per heavy atom. The van der Waals surface area contributed by atoms with E-state index in [9.17, 15) is 18.3 Å². The standard InChI is InChI=1S/C17H21ClN6O4S/c1-24-5-4-9(16(25)26)6-14(24)23-29(27,28)10-2-3-11-12(7-10)15(22-17(19)20)21-8-13(11)18/h2-3,7-9,14,23H,4-6H2,1H3,(H,25,26)(H4,19,20,21,22). The Morgan fingerprint density at radius 3 is 2.76 bits per heavy atom. The van der Waals surface area contributed by atoms with E-state index in [0.29, 0.717) is 28.8 Å². The fourth-order valence-corrected chi connectivity index (χ4v) is 4.75. The highest BCUT2D eigenvalue weighted by Crippen LogP contribution is 2.31. The van der Waals surface area contributed by atoms with Crippen molar-refractivity contribution >= 4 is 50.1 Å². The molecular weight excluding hydrogens is 420 g/mol. The summed E-state index contributed by atoms with van der Waals surface area (Å²) >= 11 is 6.15. The van der Waals surface area contributed by atoms with E-state index in [1.807, 2.05) is 0 Å². The number of nitrogens with two attached hydrogens (primary N) is 2. The van der Waals surface area contributed by atoms with Crippen LogP contribution in [0, 0.1) is 5.92 Å². The van der Waals surface area contributed by atoms with E-state index < -0.39 is 28.1 Å². The highest BCUT2D eigenvalue weighted by molar-refractivity contribution is 7.89. The second kappa shape index (κ2) is 8.11. The molecule has 1 aromatic carbocycles. The molecule has 0 aliphatic carbocycles. The number of carboxylic acid groups (broad SMARTS) is 1. The summed E-state index contributed by atoms with van der Waals surface area (Å²) in [4.78, 5) is 21.0. The Bertz CT molecular complexity index is 1090. The van der Waals surface area contributed by atoms with Gasteiger partial charge in [0.1, 0.15) is 0 Å². The summed E-state index contributed by atoms with van der Waals surface area (Å²) in [5, 5.41) is 10.5. The molecule has 10 nitrogen and oxygen atoms in total. The van der Waals surface area contributed by atoms with Gasteiger partial charge in [0.2, 0.25) is 10.0 Å². The van der Waals surface area contributed by atoms with Crippen molar-refractivity contribution in [2.24, 2.45) is 22.4 Å². The van der Waals surface area contributed by atoms with Crippen LogP contribution in [0.15, 0.2) is 34.3 Å². The van der Waals surface area contributed by atoms with Crippen LogP contribution >= 0.6 is 11.6 Å². The molecule has 1 aromatic heterocycles. The van der Waals surface area contributed by atoms with Crippen LogP contribution in [0.2, 0.25) is 5.02 Å². The molecule has 0 radical (unpaired) electrons. The lowest BCUT2D eigenvalue weighted by Crippen LogP contribution is -2.51. The van der Waals surface area contributed by atoms with Gasteiger partial charge in [-0.25, -0.2) is 13.4 Å². The first-order valence-electron chi connectivity index (χ1n) is 8.72. The number of rotatable bonds is 5. The zero-order valence-corrected chi connectivity index (χ0v) is 17.1. The molecule has 0 amide bonds. The number of fused-ring (bicyclic) bond motifs is 1. The Hall–Kier alpha value is -2.47. The molecule has 0 saturated carbocycles. The van der Waals surface area contributed by atoms with Gasteiger partial charge in [-0.3, -0.25) is 9.69 Å². The molecule has 2 atom stereocenters. The van der Waals surface area contributed by atoms with Gasteiger partial charge >= 0.3 is 5.97 Å². The molecule has 2 heterocycles. The van der Waals surface area contributed by atoms with Crippen LogP contribution in [0.5, 0.6) is 0 Å². The first kappa shape index (κ1) is 21.2. The molecule has 12 heteroatoms. The van der Waals surface area contributed by atoms with Crippen LogP contribution in [0.4, 0.5) is 5.82 Å². The van der Waals surface area contributed by atoms with Crippen molar-refractivity contribution in [3.63, 3.8) is 0 Å². The Balaban J connectivity index is 1.98. The number of likely N-dealkylation sites (tertiary alicyclic amines) is 1. The number of sulfonamides is 1. The number of nitrogens with zero attached hydrogens (tertiary/aromatic N) is 3. The molecule has 1 fully saturated rings. The number of aromatic nitrogens is 1. The maximum Gasteiger partial charge on any atom is 0.306 e. The van der Waals surface area contributed by atoms with E-state index in [-0.39, 0.29) is 23.1 Å². The zero-order chi connectivity index (χ0) is 21.3. The average Bonchev–Trinajstić information content (AvgIpc) is 2.65. The zero-order valence-electron chi connectivity index (χ0n) is 15.5. The van der Waals surface area contributed by atoms with Gasteiger partial charge in [0.15, 0.2) is 11.8 Å². The Morgan fingerprint density at radius 2 is 2.10 bits per heavy atom. The fourth-order valence-electron chi connectivity index (χ4n) is 3.24. The number of nitrogens with one attached hydrogen (secondary N) is 1. The normalized spacial score (nSPS) is 20.5. The molecule has 3 rings (SSSR count). The Labute approximate surface area is 172 Å². The van der Waals surface area contributed by atoms with Crippen LogP contribution in [-0.4, -0.2) is 55.1 Å². The van der Waals surface area contributed by atoms with E-state index >= 15 is 0 Å². The van der Waals surface area contributed by atoms with E-state index in [1.165, 1.54) is 18.3 Å². The molecule has 0 spiro atoms. The van der Waals surface area contributed by atoms with Gasteiger partial charge in [0.05, 0.1) is 22.0 Å². The number of carboxylic acids is 1. The van der Waals surface area contributed by atoms with Gasteiger partial charge in [-0.1, -0.05) is 17.7 Å². The van der Waals surface area contributed by atoms with Gasteiger partial charge < -0.3 is 16.6 Å². The minimum atomic E-state index is -3.96. The quantitative estimate of drug-likeness (QED) is 0.392. The molecule has 0 bridgehead atoms. The van der Waals surface area contributed by atoms with Gasteiger partial charge in [0.25, 0.3) is 0 Å². The van der Waals surface area contributed by atoms with Gasteiger partial charge in [0, 0.05) is 23.5 Å². The first-order chi connectivity index (χ1) is 13.6. The number of guanidine groups is 1. The van der Waals surface area contributed by atoms with Crippen molar-refractivity contribution in [2.75, 3.05) is 13.6 Å². The maximum atomic E-state index is 13.0. The molecule has 156 valence electrons. The predicted octanol–water partition coefficient (Wildman–Crippen LogP) is 0.824. The predicted molar refractivity (Wildman–Crippen MR) is 109 cm³/mol. The summed E-state index contributed by atoms with van der Waals surface area (Å²) in [5.41, 5.74) is 10.8. The third-order valence-corrected chi connectivity index (χ3v) is 6.60. The molecule has 29 heavy (non-hydrogen) atoms. The monoisotopic (exact) mass is 440 g/mol. The summed E-state index contributed by atoms with van der Waals surface area (Å²) in [7, 11) is -2.22. The summed E-state index contributed by atoms with van der Waals surface area (Å²) in [6, 6.07) is 4.34. The van der Waals surface area contributed by atoms with Gasteiger partial charge in [-0.15, -0.1) is 0 Å². The average molecular weight is 441 g/mol. The third kappa shape index (κ3) is 4.58. The lowest BCUT2D eigenvalue weighted by atomic mass is 9.95. The minimum Gasteiger partial charge on any atom is -0.481 e. The van der Waals surface area contributed by atoms with Crippen molar-refractivity contribution in [1.82, 2.24) is 14.6 Å². The number of hydrogen-bond donors (Lipinski definition) is 4. The molecular formula is C17H21ClN6O4S. The van der Waals surface area contributed by atoms with Crippen LogP contribution in [0.3, 0.4) is 0 Å². The van der Waals surface area contributed by atoms with Crippen LogP contribution in [0.25, 0.3) is 10.8 Å². The third-order valence-electron chi connectivity index (χ3n) is 4.85. The molecule has 2 aromatic rings. The number of hydrogen-bond acceptors (Lipinski definition) is 6. The molecule has 1 saturated heterocycles. The first-order valence-corrected chi connectivity index (χ1v) is 10.6. The smallest absolute Gasteiger partial charge is 0.306 e. The van der Waals surface area contributed by atoms with E-state index in [0.717, 1.165) is 0 Å². The van der Waals surface area contributed by atoms with Crippen molar-refractivity contribution in [3.8, 4) is 0 Å². The van der Waals surface area contributed by atoms with E-state index in [1.54, 1.807) is 18.0 Å². The number of halogens is 1. The van der Waals surface area contributed by atoms with Crippen LogP contribution in [-0.2, 0) is 14.8 Å². The number of piperidine rings is 1. The molecule has 1 aliphatic heterocycles. The van der Waals surface area contributed by atoms with Gasteiger partial charge in [-0.2, -0.15) is 9.71 Å².